The molecule has 1 aromatic carbocycles. The molecule has 0 bridgehead atoms. The van der Waals surface area contributed by atoms with Crippen LogP contribution in [0.3, 0.4) is 0 Å². The van der Waals surface area contributed by atoms with Crippen LogP contribution in [0.25, 0.3) is 0 Å². The van der Waals surface area contributed by atoms with Gasteiger partial charge in [-0.1, -0.05) is 54.6 Å². The topological polar surface area (TPSA) is 20.2 Å². The van der Waals surface area contributed by atoms with Crippen LogP contribution in [0.4, 0.5) is 0 Å². The molecule has 0 radical (unpaired) electrons. The predicted molar refractivity (Wildman–Crippen MR) is 60.1 cm³/mol. The van der Waals surface area contributed by atoms with Gasteiger partial charge in [0.25, 0.3) is 0 Å². The molecule has 0 unspecified atom stereocenters. The van der Waals surface area contributed by atoms with Crippen LogP contribution in [0.2, 0.25) is 0 Å². The lowest BCUT2D eigenvalue weighted by molar-refractivity contribution is 0.224. The molecular weight excluding hydrogens is 172 g/mol. The molecule has 1 rings (SSSR count). The van der Waals surface area contributed by atoms with Crippen molar-refractivity contribution in [2.45, 2.75) is 19.4 Å². The molecule has 1 heteroatoms. The highest BCUT2D eigenvalue weighted by molar-refractivity contribution is 5.17. The lowest BCUT2D eigenvalue weighted by atomic mass is 10.1. The highest BCUT2D eigenvalue weighted by Crippen LogP contribution is 2.03. The summed E-state index contributed by atoms with van der Waals surface area (Å²) in [5.41, 5.74) is 1.16. The Hall–Kier alpha value is -1.34. The summed E-state index contributed by atoms with van der Waals surface area (Å²) in [6, 6.07) is 9.99. The lowest BCUT2D eigenvalue weighted by Crippen LogP contribution is -2.05. The van der Waals surface area contributed by atoms with Gasteiger partial charge in [0.1, 0.15) is 0 Å². The fourth-order valence-corrected chi connectivity index (χ4v) is 1.23. The van der Waals surface area contributed by atoms with Crippen molar-refractivity contribution in [3.8, 4) is 0 Å². The third-order valence-corrected chi connectivity index (χ3v) is 1.92. The second-order valence-corrected chi connectivity index (χ2v) is 3.17. The molecule has 1 atom stereocenters. The van der Waals surface area contributed by atoms with Gasteiger partial charge in [-0.2, -0.15) is 0 Å². The summed E-state index contributed by atoms with van der Waals surface area (Å²) in [6.07, 6.45) is 7.80. The summed E-state index contributed by atoms with van der Waals surface area (Å²) >= 11 is 0. The molecule has 0 saturated carbocycles. The van der Waals surface area contributed by atoms with E-state index in [-0.39, 0.29) is 0 Å². The minimum absolute atomic E-state index is 0.395. The lowest BCUT2D eigenvalue weighted by Gasteiger charge is -2.04. The van der Waals surface area contributed by atoms with E-state index in [1.54, 1.807) is 6.08 Å². The molecule has 0 spiro atoms. The molecule has 74 valence electrons. The van der Waals surface area contributed by atoms with Crippen LogP contribution < -0.4 is 0 Å². The Balaban J connectivity index is 2.45. The summed E-state index contributed by atoms with van der Waals surface area (Å²) in [5, 5.41) is 9.61. The van der Waals surface area contributed by atoms with E-state index in [0.717, 1.165) is 5.56 Å². The van der Waals surface area contributed by atoms with Gasteiger partial charge in [0.05, 0.1) is 6.10 Å². The van der Waals surface area contributed by atoms with Crippen molar-refractivity contribution >= 4 is 0 Å². The zero-order valence-corrected chi connectivity index (χ0v) is 8.43. The first-order chi connectivity index (χ1) is 6.83. The third-order valence-electron chi connectivity index (χ3n) is 1.92. The second-order valence-electron chi connectivity index (χ2n) is 3.17. The van der Waals surface area contributed by atoms with Gasteiger partial charge < -0.3 is 5.11 Å². The van der Waals surface area contributed by atoms with E-state index in [1.807, 2.05) is 55.5 Å². The van der Waals surface area contributed by atoms with Gasteiger partial charge in [-0.25, -0.2) is 0 Å². The summed E-state index contributed by atoms with van der Waals surface area (Å²) in [6.45, 7) is 1.95. The molecule has 0 saturated heterocycles. The molecule has 1 aromatic rings. The highest BCUT2D eigenvalue weighted by Gasteiger charge is 1.99. The molecule has 0 aliphatic heterocycles. The number of benzene rings is 1. The van der Waals surface area contributed by atoms with E-state index >= 15 is 0 Å². The summed E-state index contributed by atoms with van der Waals surface area (Å²) < 4.78 is 0. The zero-order valence-electron chi connectivity index (χ0n) is 8.43. The molecule has 0 heterocycles. The van der Waals surface area contributed by atoms with E-state index in [1.165, 1.54) is 0 Å². The van der Waals surface area contributed by atoms with Crippen molar-refractivity contribution in [3.05, 3.63) is 60.2 Å². The van der Waals surface area contributed by atoms with Gasteiger partial charge in [-0.15, -0.1) is 0 Å². The van der Waals surface area contributed by atoms with Crippen LogP contribution in [-0.4, -0.2) is 11.2 Å². The van der Waals surface area contributed by atoms with Crippen LogP contribution in [0, 0.1) is 0 Å². The van der Waals surface area contributed by atoms with E-state index in [4.69, 9.17) is 0 Å². The fraction of sp³-hybridized carbons (Fsp3) is 0.231. The first kappa shape index (κ1) is 10.7. The Morgan fingerprint density at radius 3 is 2.57 bits per heavy atom. The van der Waals surface area contributed by atoms with Crippen molar-refractivity contribution in [3.63, 3.8) is 0 Å². The molecule has 1 nitrogen and oxygen atoms in total. The first-order valence-electron chi connectivity index (χ1n) is 4.84. The van der Waals surface area contributed by atoms with Gasteiger partial charge in [0, 0.05) is 6.42 Å². The second kappa shape index (κ2) is 6.17. The maximum Gasteiger partial charge on any atom is 0.0764 e. The predicted octanol–water partition coefficient (Wildman–Crippen LogP) is 2.72. The molecular formula is C13H16O. The largest absolute Gasteiger partial charge is 0.389 e. The normalized spacial score (nSPS) is 13.9. The Morgan fingerprint density at radius 1 is 1.21 bits per heavy atom. The summed E-state index contributed by atoms with van der Waals surface area (Å²) in [4.78, 5) is 0. The molecule has 0 aliphatic rings. The maximum atomic E-state index is 9.61. The van der Waals surface area contributed by atoms with Crippen molar-refractivity contribution in [1.82, 2.24) is 0 Å². The van der Waals surface area contributed by atoms with Crippen LogP contribution in [0.5, 0.6) is 0 Å². The molecule has 0 aliphatic carbocycles. The number of aliphatic hydroxyl groups is 1. The number of aliphatic hydroxyl groups excluding tert-OH is 1. The monoisotopic (exact) mass is 188 g/mol. The average molecular weight is 188 g/mol. The Kier molecular flexibility index (Phi) is 4.73. The van der Waals surface area contributed by atoms with Gasteiger partial charge in [0.15, 0.2) is 0 Å². The van der Waals surface area contributed by atoms with Crippen LogP contribution in [0.15, 0.2) is 54.6 Å². The minimum atomic E-state index is -0.395. The Labute approximate surface area is 85.4 Å². The molecule has 1 N–H and O–H groups in total. The van der Waals surface area contributed by atoms with E-state index in [2.05, 4.69) is 0 Å². The van der Waals surface area contributed by atoms with E-state index in [9.17, 15) is 5.11 Å². The van der Waals surface area contributed by atoms with Crippen LogP contribution >= 0.6 is 0 Å². The van der Waals surface area contributed by atoms with Crippen molar-refractivity contribution in [1.29, 1.82) is 0 Å². The maximum absolute atomic E-state index is 9.61. The zero-order chi connectivity index (χ0) is 10.2. The van der Waals surface area contributed by atoms with Crippen LogP contribution in [-0.2, 0) is 6.42 Å². The van der Waals surface area contributed by atoms with Gasteiger partial charge >= 0.3 is 0 Å². The Morgan fingerprint density at radius 2 is 1.93 bits per heavy atom. The molecule has 0 fully saturated rings. The molecule has 0 aromatic heterocycles. The van der Waals surface area contributed by atoms with Crippen molar-refractivity contribution < 1.29 is 5.11 Å². The average Bonchev–Trinajstić information content (AvgIpc) is 2.20. The summed E-state index contributed by atoms with van der Waals surface area (Å²) in [7, 11) is 0. The fourth-order valence-electron chi connectivity index (χ4n) is 1.23. The van der Waals surface area contributed by atoms with E-state index in [0.29, 0.717) is 6.42 Å². The molecule has 14 heavy (non-hydrogen) atoms. The number of hydrogen-bond acceptors (Lipinski definition) is 1. The van der Waals surface area contributed by atoms with Gasteiger partial charge in [-0.3, -0.25) is 0 Å². The number of hydrogen-bond donors (Lipinski definition) is 1. The Bertz CT molecular complexity index is 298. The smallest absolute Gasteiger partial charge is 0.0764 e. The summed E-state index contributed by atoms with van der Waals surface area (Å²) in [5.74, 6) is 0. The van der Waals surface area contributed by atoms with Crippen molar-refractivity contribution in [2.24, 2.45) is 0 Å². The first-order valence-corrected chi connectivity index (χ1v) is 4.84. The van der Waals surface area contributed by atoms with E-state index < -0.39 is 6.10 Å². The minimum Gasteiger partial charge on any atom is -0.389 e. The molecule has 0 amide bonds. The highest BCUT2D eigenvalue weighted by atomic mass is 16.3. The van der Waals surface area contributed by atoms with Gasteiger partial charge in [0.2, 0.25) is 0 Å². The van der Waals surface area contributed by atoms with Crippen LogP contribution in [0.1, 0.15) is 12.5 Å². The standard InChI is InChI=1S/C13H16O/c1-2-3-5-10-13(14)11-12-8-6-4-7-9-12/h2-10,13-14H,11H2,1H3/b3-2+,10-5+/t13-/m0/s1. The quantitative estimate of drug-likeness (QED) is 0.720. The number of rotatable bonds is 4. The SMILES string of the molecule is C/C=C/C=C/[C@H](O)Cc1ccccc1. The third kappa shape index (κ3) is 4.06. The van der Waals surface area contributed by atoms with Gasteiger partial charge in [-0.05, 0) is 12.5 Å². The number of allylic oxidation sites excluding steroid dienone is 3. The van der Waals surface area contributed by atoms with Crippen molar-refractivity contribution in [2.75, 3.05) is 0 Å².